The van der Waals surface area contributed by atoms with Crippen LogP contribution >= 0.6 is 22.9 Å². The Morgan fingerprint density at radius 1 is 1.22 bits per heavy atom. The van der Waals surface area contributed by atoms with E-state index >= 15 is 0 Å². The molecule has 1 unspecified atom stereocenters. The SMILES string of the molecule is CC(C)(C)NC(=O)C(Cl)c1ccc(C(C)(C)C)s1. The van der Waals surface area contributed by atoms with Gasteiger partial charge in [-0.25, -0.2) is 0 Å². The molecule has 0 radical (unpaired) electrons. The fourth-order valence-electron chi connectivity index (χ4n) is 1.45. The summed E-state index contributed by atoms with van der Waals surface area (Å²) in [4.78, 5) is 14.1. The number of halogens is 1. The minimum Gasteiger partial charge on any atom is -0.350 e. The number of carbonyl (C=O) groups excluding carboxylic acids is 1. The van der Waals surface area contributed by atoms with E-state index in [1.807, 2.05) is 26.8 Å². The Morgan fingerprint density at radius 2 is 1.78 bits per heavy atom. The number of hydrogen-bond donors (Lipinski definition) is 1. The lowest BCUT2D eigenvalue weighted by atomic mass is 9.95. The van der Waals surface area contributed by atoms with Gasteiger partial charge in [0.1, 0.15) is 5.38 Å². The van der Waals surface area contributed by atoms with Crippen molar-refractivity contribution >= 4 is 28.8 Å². The molecule has 1 heterocycles. The van der Waals surface area contributed by atoms with Gasteiger partial charge in [-0.3, -0.25) is 4.79 Å². The number of hydrogen-bond acceptors (Lipinski definition) is 2. The van der Waals surface area contributed by atoms with Crippen LogP contribution in [0.2, 0.25) is 0 Å². The Hall–Kier alpha value is -0.540. The monoisotopic (exact) mass is 287 g/mol. The number of thiophene rings is 1. The molecule has 1 rings (SSSR count). The van der Waals surface area contributed by atoms with Crippen LogP contribution in [0.25, 0.3) is 0 Å². The zero-order valence-corrected chi connectivity index (χ0v) is 13.5. The highest BCUT2D eigenvalue weighted by molar-refractivity contribution is 7.12. The van der Waals surface area contributed by atoms with Crippen molar-refractivity contribution in [2.45, 2.75) is 57.9 Å². The third kappa shape index (κ3) is 4.29. The fraction of sp³-hybridized carbons (Fsp3) is 0.643. The van der Waals surface area contributed by atoms with Crippen molar-refractivity contribution in [3.8, 4) is 0 Å². The second-order valence-corrected chi connectivity index (χ2v) is 8.11. The van der Waals surface area contributed by atoms with Gasteiger partial charge in [-0.2, -0.15) is 0 Å². The van der Waals surface area contributed by atoms with Crippen molar-refractivity contribution in [3.63, 3.8) is 0 Å². The minimum absolute atomic E-state index is 0.0973. The van der Waals surface area contributed by atoms with Gasteiger partial charge in [0.15, 0.2) is 0 Å². The summed E-state index contributed by atoms with van der Waals surface area (Å²) in [5.41, 5.74) is -0.158. The molecule has 1 aromatic rings. The van der Waals surface area contributed by atoms with Gasteiger partial charge in [0.25, 0.3) is 0 Å². The van der Waals surface area contributed by atoms with E-state index in [1.54, 1.807) is 11.3 Å². The molecule has 18 heavy (non-hydrogen) atoms. The number of carbonyl (C=O) groups is 1. The lowest BCUT2D eigenvalue weighted by molar-refractivity contribution is -0.122. The lowest BCUT2D eigenvalue weighted by Gasteiger charge is -2.22. The Labute approximate surface area is 119 Å². The van der Waals surface area contributed by atoms with Crippen molar-refractivity contribution in [2.24, 2.45) is 0 Å². The molecule has 1 amide bonds. The summed E-state index contributed by atoms with van der Waals surface area (Å²) < 4.78 is 0. The zero-order valence-electron chi connectivity index (χ0n) is 11.9. The first-order valence-corrected chi connectivity index (χ1v) is 7.32. The predicted molar refractivity (Wildman–Crippen MR) is 79.5 cm³/mol. The Morgan fingerprint density at radius 3 is 2.17 bits per heavy atom. The average molecular weight is 288 g/mol. The van der Waals surface area contributed by atoms with Crippen molar-refractivity contribution in [1.82, 2.24) is 5.32 Å². The van der Waals surface area contributed by atoms with Crippen LogP contribution in [0.15, 0.2) is 12.1 Å². The molecule has 0 saturated carbocycles. The van der Waals surface area contributed by atoms with Crippen LogP contribution in [0.5, 0.6) is 0 Å². The third-order valence-electron chi connectivity index (χ3n) is 2.34. The number of rotatable bonds is 2. The van der Waals surface area contributed by atoms with Gasteiger partial charge in [0.05, 0.1) is 0 Å². The molecular formula is C14H22ClNOS. The Kier molecular flexibility index (Phi) is 4.50. The molecule has 1 N–H and O–H groups in total. The summed E-state index contributed by atoms with van der Waals surface area (Å²) in [5, 5.41) is 2.29. The summed E-state index contributed by atoms with van der Waals surface area (Å²) in [6.45, 7) is 12.3. The largest absolute Gasteiger partial charge is 0.350 e. The van der Waals surface area contributed by atoms with Crippen molar-refractivity contribution in [3.05, 3.63) is 21.9 Å². The highest BCUT2D eigenvalue weighted by atomic mass is 35.5. The van der Waals surface area contributed by atoms with Gasteiger partial charge in [0, 0.05) is 15.3 Å². The summed E-state index contributed by atoms with van der Waals surface area (Å²) in [6, 6.07) is 4.00. The van der Waals surface area contributed by atoms with Crippen LogP contribution in [0.4, 0.5) is 0 Å². The molecule has 0 aliphatic rings. The Balaban J connectivity index is 2.82. The quantitative estimate of drug-likeness (QED) is 0.810. The second-order valence-electron chi connectivity index (χ2n) is 6.55. The highest BCUT2D eigenvalue weighted by Gasteiger charge is 2.25. The molecule has 0 aromatic carbocycles. The fourth-order valence-corrected chi connectivity index (χ4v) is 2.76. The van der Waals surface area contributed by atoms with Crippen LogP contribution in [-0.4, -0.2) is 11.4 Å². The van der Waals surface area contributed by atoms with Crippen LogP contribution in [-0.2, 0) is 10.2 Å². The van der Waals surface area contributed by atoms with Gasteiger partial charge in [-0.05, 0) is 38.3 Å². The van der Waals surface area contributed by atoms with E-state index in [9.17, 15) is 4.79 Å². The van der Waals surface area contributed by atoms with E-state index in [-0.39, 0.29) is 16.9 Å². The van der Waals surface area contributed by atoms with Crippen LogP contribution < -0.4 is 5.32 Å². The van der Waals surface area contributed by atoms with Crippen LogP contribution in [0.1, 0.15) is 56.7 Å². The first-order valence-electron chi connectivity index (χ1n) is 6.07. The third-order valence-corrected chi connectivity index (χ3v) is 4.48. The van der Waals surface area contributed by atoms with Gasteiger partial charge in [0.2, 0.25) is 5.91 Å². The van der Waals surface area contributed by atoms with E-state index in [1.165, 1.54) is 4.88 Å². The first-order chi connectivity index (χ1) is 8.00. The summed E-state index contributed by atoms with van der Waals surface area (Å²) >= 11 is 7.83. The molecule has 0 aliphatic heterocycles. The molecule has 0 saturated heterocycles. The zero-order chi connectivity index (χ0) is 14.1. The summed E-state index contributed by atoms with van der Waals surface area (Å²) in [5.74, 6) is -0.133. The van der Waals surface area contributed by atoms with E-state index in [2.05, 4.69) is 32.2 Å². The molecule has 4 heteroatoms. The highest BCUT2D eigenvalue weighted by Crippen LogP contribution is 2.34. The van der Waals surface area contributed by atoms with Crippen molar-refractivity contribution in [2.75, 3.05) is 0 Å². The minimum atomic E-state index is -0.606. The molecule has 0 fully saturated rings. The maximum absolute atomic E-state index is 12.0. The molecule has 102 valence electrons. The van der Waals surface area contributed by atoms with E-state index < -0.39 is 5.38 Å². The summed E-state index contributed by atoms with van der Waals surface area (Å²) in [6.07, 6.45) is 0. The predicted octanol–water partition coefficient (Wildman–Crippen LogP) is 4.24. The van der Waals surface area contributed by atoms with Gasteiger partial charge in [-0.1, -0.05) is 20.8 Å². The van der Waals surface area contributed by atoms with E-state index in [0.29, 0.717) is 0 Å². The maximum Gasteiger partial charge on any atom is 0.243 e. The molecule has 2 nitrogen and oxygen atoms in total. The number of amides is 1. The molecule has 0 spiro atoms. The smallest absolute Gasteiger partial charge is 0.243 e. The number of alkyl halides is 1. The molecule has 1 aromatic heterocycles. The molecule has 1 atom stereocenters. The topological polar surface area (TPSA) is 29.1 Å². The first kappa shape index (κ1) is 15.5. The standard InChI is InChI=1S/C14H22ClNOS/c1-13(2,3)10-8-7-9(18-10)11(15)12(17)16-14(4,5)6/h7-8,11H,1-6H3,(H,16,17). The average Bonchev–Trinajstić information content (AvgIpc) is 2.61. The van der Waals surface area contributed by atoms with Gasteiger partial charge >= 0.3 is 0 Å². The normalized spacial score (nSPS) is 14.4. The lowest BCUT2D eigenvalue weighted by Crippen LogP contribution is -2.42. The number of nitrogens with one attached hydrogen (secondary N) is 1. The van der Waals surface area contributed by atoms with Gasteiger partial charge < -0.3 is 5.32 Å². The maximum atomic E-state index is 12.0. The van der Waals surface area contributed by atoms with Gasteiger partial charge in [-0.15, -0.1) is 22.9 Å². The van der Waals surface area contributed by atoms with Crippen LogP contribution in [0.3, 0.4) is 0 Å². The molecule has 0 bridgehead atoms. The van der Waals surface area contributed by atoms with Crippen molar-refractivity contribution in [1.29, 1.82) is 0 Å². The molecule has 0 aliphatic carbocycles. The summed E-state index contributed by atoms with van der Waals surface area (Å²) in [7, 11) is 0. The second kappa shape index (κ2) is 5.22. The Bertz CT molecular complexity index is 426. The van der Waals surface area contributed by atoms with Crippen molar-refractivity contribution < 1.29 is 4.79 Å². The molecular weight excluding hydrogens is 266 g/mol. The van der Waals surface area contributed by atoms with Crippen LogP contribution in [0, 0.1) is 0 Å². The van der Waals surface area contributed by atoms with E-state index in [0.717, 1.165) is 4.88 Å². The van der Waals surface area contributed by atoms with E-state index in [4.69, 9.17) is 11.6 Å².